The van der Waals surface area contributed by atoms with Crippen LogP contribution in [0.1, 0.15) is 28.9 Å². The van der Waals surface area contributed by atoms with E-state index in [2.05, 4.69) is 5.32 Å². The van der Waals surface area contributed by atoms with Crippen LogP contribution < -0.4 is 5.32 Å². The van der Waals surface area contributed by atoms with Crippen LogP contribution in [0.4, 0.5) is 0 Å². The molecule has 0 heterocycles. The molecular formula is C21H19NO4. The number of amides is 1. The van der Waals surface area contributed by atoms with Crippen molar-refractivity contribution in [1.29, 1.82) is 0 Å². The molecule has 0 aliphatic carbocycles. The van der Waals surface area contributed by atoms with Gasteiger partial charge in [-0.3, -0.25) is 4.79 Å². The SMILES string of the molecule is C[C@@H](NC(=O)COC(=O)c1cccc(O)c1)c1cccc2ccccc12. The number of fused-ring (bicyclic) bond motifs is 1. The van der Waals surface area contributed by atoms with Crippen molar-refractivity contribution in [3.8, 4) is 5.75 Å². The van der Waals surface area contributed by atoms with Gasteiger partial charge in [-0.15, -0.1) is 0 Å². The number of hydrogen-bond donors (Lipinski definition) is 2. The molecule has 132 valence electrons. The van der Waals surface area contributed by atoms with Crippen molar-refractivity contribution in [1.82, 2.24) is 5.32 Å². The summed E-state index contributed by atoms with van der Waals surface area (Å²) in [4.78, 5) is 24.0. The maximum absolute atomic E-state index is 12.1. The fraction of sp³-hybridized carbons (Fsp3) is 0.143. The zero-order chi connectivity index (χ0) is 18.5. The molecule has 0 saturated carbocycles. The van der Waals surface area contributed by atoms with E-state index in [1.54, 1.807) is 0 Å². The Morgan fingerprint density at radius 3 is 2.58 bits per heavy atom. The molecule has 5 nitrogen and oxygen atoms in total. The minimum Gasteiger partial charge on any atom is -0.508 e. The number of phenols is 1. The largest absolute Gasteiger partial charge is 0.508 e. The average Bonchev–Trinajstić information content (AvgIpc) is 2.65. The predicted molar refractivity (Wildman–Crippen MR) is 98.9 cm³/mol. The number of carbonyl (C=O) groups excluding carboxylic acids is 2. The summed E-state index contributed by atoms with van der Waals surface area (Å²) >= 11 is 0. The monoisotopic (exact) mass is 349 g/mol. The van der Waals surface area contributed by atoms with Crippen LogP contribution in [0.25, 0.3) is 10.8 Å². The molecule has 3 rings (SSSR count). The van der Waals surface area contributed by atoms with Crippen LogP contribution in [0.3, 0.4) is 0 Å². The van der Waals surface area contributed by atoms with E-state index in [-0.39, 0.29) is 29.9 Å². The molecule has 0 aromatic heterocycles. The van der Waals surface area contributed by atoms with Crippen molar-refractivity contribution in [2.75, 3.05) is 6.61 Å². The van der Waals surface area contributed by atoms with Gasteiger partial charge in [-0.25, -0.2) is 4.79 Å². The number of phenolic OH excluding ortho intramolecular Hbond substituents is 1. The van der Waals surface area contributed by atoms with E-state index in [1.807, 2.05) is 49.4 Å². The maximum Gasteiger partial charge on any atom is 0.338 e. The van der Waals surface area contributed by atoms with Gasteiger partial charge in [0.15, 0.2) is 6.61 Å². The highest BCUT2D eigenvalue weighted by molar-refractivity contribution is 5.92. The second kappa shape index (κ2) is 7.70. The highest BCUT2D eigenvalue weighted by Gasteiger charge is 2.15. The Kier molecular flexibility index (Phi) is 5.17. The molecule has 0 saturated heterocycles. The Labute approximate surface area is 151 Å². The molecule has 1 amide bonds. The topological polar surface area (TPSA) is 75.6 Å². The lowest BCUT2D eigenvalue weighted by atomic mass is 10.00. The first-order chi connectivity index (χ1) is 12.5. The van der Waals surface area contributed by atoms with Gasteiger partial charge in [0.2, 0.25) is 0 Å². The van der Waals surface area contributed by atoms with Crippen LogP contribution in [-0.4, -0.2) is 23.6 Å². The standard InChI is InChI=1S/C21H19NO4/c1-14(18-11-5-7-15-6-2-3-10-19(15)18)22-20(24)13-26-21(25)16-8-4-9-17(23)12-16/h2-12,14,23H,13H2,1H3,(H,22,24)/t14-/m1/s1. The van der Waals surface area contributed by atoms with Gasteiger partial charge in [0.25, 0.3) is 5.91 Å². The highest BCUT2D eigenvalue weighted by Crippen LogP contribution is 2.24. The van der Waals surface area contributed by atoms with Crippen molar-refractivity contribution < 1.29 is 19.4 Å². The van der Waals surface area contributed by atoms with E-state index in [9.17, 15) is 14.7 Å². The van der Waals surface area contributed by atoms with Crippen LogP contribution in [0.2, 0.25) is 0 Å². The minimum absolute atomic E-state index is 0.0338. The zero-order valence-electron chi connectivity index (χ0n) is 14.3. The van der Waals surface area contributed by atoms with Gasteiger partial charge in [0.05, 0.1) is 11.6 Å². The summed E-state index contributed by atoms with van der Waals surface area (Å²) in [6.07, 6.45) is 0. The normalized spacial score (nSPS) is 11.7. The second-order valence-electron chi connectivity index (χ2n) is 5.98. The quantitative estimate of drug-likeness (QED) is 0.691. The highest BCUT2D eigenvalue weighted by atomic mass is 16.5. The third kappa shape index (κ3) is 4.00. The van der Waals surface area contributed by atoms with Crippen molar-refractivity contribution in [2.24, 2.45) is 0 Å². The molecule has 1 atom stereocenters. The van der Waals surface area contributed by atoms with Gasteiger partial charge in [0.1, 0.15) is 5.75 Å². The summed E-state index contributed by atoms with van der Waals surface area (Å²) in [5, 5.41) is 14.4. The molecule has 0 unspecified atom stereocenters. The maximum atomic E-state index is 12.1. The molecule has 0 spiro atoms. The summed E-state index contributed by atoms with van der Waals surface area (Å²) in [7, 11) is 0. The molecule has 0 bridgehead atoms. The summed E-state index contributed by atoms with van der Waals surface area (Å²) < 4.78 is 5.01. The van der Waals surface area contributed by atoms with Crippen LogP contribution in [0.15, 0.2) is 66.7 Å². The second-order valence-corrected chi connectivity index (χ2v) is 5.98. The van der Waals surface area contributed by atoms with E-state index < -0.39 is 5.97 Å². The van der Waals surface area contributed by atoms with E-state index >= 15 is 0 Å². The number of esters is 1. The van der Waals surface area contributed by atoms with Crippen molar-refractivity contribution in [3.63, 3.8) is 0 Å². The Hall–Kier alpha value is -3.34. The summed E-state index contributed by atoms with van der Waals surface area (Å²) in [5.41, 5.74) is 1.19. The van der Waals surface area contributed by atoms with E-state index in [0.717, 1.165) is 16.3 Å². The fourth-order valence-electron chi connectivity index (χ4n) is 2.84. The van der Waals surface area contributed by atoms with Crippen LogP contribution in [0.5, 0.6) is 5.75 Å². The molecule has 3 aromatic rings. The van der Waals surface area contributed by atoms with Crippen molar-refractivity contribution in [2.45, 2.75) is 13.0 Å². The Morgan fingerprint density at radius 2 is 1.77 bits per heavy atom. The summed E-state index contributed by atoms with van der Waals surface area (Å²) in [5.74, 6) is -1.08. The van der Waals surface area contributed by atoms with Gasteiger partial charge >= 0.3 is 5.97 Å². The molecule has 5 heteroatoms. The summed E-state index contributed by atoms with van der Waals surface area (Å²) in [6, 6.07) is 19.4. The fourth-order valence-corrected chi connectivity index (χ4v) is 2.84. The Morgan fingerprint density at radius 1 is 1.04 bits per heavy atom. The van der Waals surface area contributed by atoms with Crippen molar-refractivity contribution in [3.05, 3.63) is 77.9 Å². The Bertz CT molecular complexity index is 946. The van der Waals surface area contributed by atoms with E-state index in [4.69, 9.17) is 4.74 Å². The lowest BCUT2D eigenvalue weighted by molar-refractivity contribution is -0.124. The van der Waals surface area contributed by atoms with Gasteiger partial charge in [0, 0.05) is 0 Å². The number of carbonyl (C=O) groups is 2. The molecule has 2 N–H and O–H groups in total. The van der Waals surface area contributed by atoms with E-state index in [1.165, 1.54) is 24.3 Å². The minimum atomic E-state index is -0.658. The van der Waals surface area contributed by atoms with Crippen molar-refractivity contribution >= 4 is 22.6 Å². The predicted octanol–water partition coefficient (Wildman–Crippen LogP) is 3.58. The van der Waals surface area contributed by atoms with E-state index in [0.29, 0.717) is 0 Å². The summed E-state index contributed by atoms with van der Waals surface area (Å²) in [6.45, 7) is 1.50. The van der Waals surface area contributed by atoms with Gasteiger partial charge in [-0.05, 0) is 41.5 Å². The number of nitrogens with one attached hydrogen (secondary N) is 1. The molecule has 26 heavy (non-hydrogen) atoms. The molecular weight excluding hydrogens is 330 g/mol. The van der Waals surface area contributed by atoms with Crippen LogP contribution in [0, 0.1) is 0 Å². The molecule has 0 aliphatic heterocycles. The number of ether oxygens (including phenoxy) is 1. The molecule has 3 aromatic carbocycles. The Balaban J connectivity index is 1.61. The lowest BCUT2D eigenvalue weighted by Gasteiger charge is -2.16. The third-order valence-electron chi connectivity index (χ3n) is 4.08. The molecule has 0 aliphatic rings. The average molecular weight is 349 g/mol. The molecule has 0 fully saturated rings. The smallest absolute Gasteiger partial charge is 0.338 e. The number of aromatic hydroxyl groups is 1. The van der Waals surface area contributed by atoms with Gasteiger partial charge in [-0.1, -0.05) is 48.5 Å². The van der Waals surface area contributed by atoms with Crippen LogP contribution in [-0.2, 0) is 9.53 Å². The molecule has 0 radical (unpaired) electrons. The number of hydrogen-bond acceptors (Lipinski definition) is 4. The van der Waals surface area contributed by atoms with Gasteiger partial charge < -0.3 is 15.2 Å². The first-order valence-electron chi connectivity index (χ1n) is 8.28. The first-order valence-corrected chi connectivity index (χ1v) is 8.28. The first kappa shape index (κ1) is 17.5. The third-order valence-corrected chi connectivity index (χ3v) is 4.08. The van der Waals surface area contributed by atoms with Crippen LogP contribution >= 0.6 is 0 Å². The lowest BCUT2D eigenvalue weighted by Crippen LogP contribution is -2.31. The number of benzene rings is 3. The zero-order valence-corrected chi connectivity index (χ0v) is 14.3. The van der Waals surface area contributed by atoms with Gasteiger partial charge in [-0.2, -0.15) is 0 Å². The number of rotatable bonds is 5.